The molecule has 1 unspecified atom stereocenters. The van der Waals surface area contributed by atoms with Crippen molar-refractivity contribution in [1.29, 1.82) is 0 Å². The van der Waals surface area contributed by atoms with Crippen LogP contribution in [-0.2, 0) is 6.42 Å². The van der Waals surface area contributed by atoms with Crippen molar-refractivity contribution in [3.63, 3.8) is 0 Å². The molecular weight excluding hydrogens is 290 g/mol. The zero-order valence-corrected chi connectivity index (χ0v) is 13.1. The van der Waals surface area contributed by atoms with E-state index in [1.807, 2.05) is 34.4 Å². The van der Waals surface area contributed by atoms with Crippen LogP contribution < -0.4 is 5.32 Å². The highest BCUT2D eigenvalue weighted by Crippen LogP contribution is 2.24. The van der Waals surface area contributed by atoms with Crippen LogP contribution in [0, 0.1) is 12.3 Å². The molecule has 0 bridgehead atoms. The van der Waals surface area contributed by atoms with Crippen LogP contribution in [0.4, 0.5) is 0 Å². The number of rotatable bonds is 8. The minimum absolute atomic E-state index is 0.421. The van der Waals surface area contributed by atoms with Gasteiger partial charge in [-0.3, -0.25) is 0 Å². The van der Waals surface area contributed by atoms with Crippen molar-refractivity contribution in [3.8, 4) is 12.3 Å². The molecule has 2 rings (SSSR count). The van der Waals surface area contributed by atoms with Crippen molar-refractivity contribution >= 4 is 34.4 Å². The number of hydrogen-bond acceptors (Lipinski definition) is 4. The fourth-order valence-corrected chi connectivity index (χ4v) is 3.91. The Hall–Kier alpha value is -0.730. The highest BCUT2D eigenvalue weighted by atomic mass is 32.2. The van der Waals surface area contributed by atoms with E-state index in [1.165, 1.54) is 9.75 Å². The lowest BCUT2D eigenvalue weighted by Gasteiger charge is -2.16. The predicted molar refractivity (Wildman–Crippen MR) is 89.2 cm³/mol. The van der Waals surface area contributed by atoms with Gasteiger partial charge in [0.25, 0.3) is 0 Å². The van der Waals surface area contributed by atoms with E-state index in [0.29, 0.717) is 6.04 Å². The zero-order chi connectivity index (χ0) is 13.3. The number of nitrogens with one attached hydrogen (secondary N) is 1. The first kappa shape index (κ1) is 14.7. The average Bonchev–Trinajstić information content (AvgIpc) is 3.10. The first-order valence-corrected chi connectivity index (χ1v) is 9.12. The summed E-state index contributed by atoms with van der Waals surface area (Å²) in [6.45, 7) is 1.00. The molecule has 4 heteroatoms. The summed E-state index contributed by atoms with van der Waals surface area (Å²) >= 11 is 5.46. The lowest BCUT2D eigenvalue weighted by molar-refractivity contribution is 0.564. The van der Waals surface area contributed by atoms with Gasteiger partial charge in [0.15, 0.2) is 0 Å². The van der Waals surface area contributed by atoms with Gasteiger partial charge in [0.05, 0.1) is 5.75 Å². The molecule has 1 N–H and O–H groups in total. The molecule has 2 aromatic rings. The largest absolute Gasteiger partial charge is 0.308 e. The molecule has 2 heterocycles. The molecule has 0 saturated carbocycles. The van der Waals surface area contributed by atoms with E-state index in [9.17, 15) is 0 Å². The van der Waals surface area contributed by atoms with E-state index in [2.05, 4.69) is 46.3 Å². The fraction of sp³-hybridized carbons (Fsp3) is 0.333. The second kappa shape index (κ2) is 8.44. The Labute approximate surface area is 127 Å². The van der Waals surface area contributed by atoms with Crippen LogP contribution in [0.15, 0.2) is 35.0 Å². The smallest absolute Gasteiger partial charge is 0.0545 e. The molecule has 0 fully saturated rings. The third kappa shape index (κ3) is 5.04. The van der Waals surface area contributed by atoms with Crippen molar-refractivity contribution in [2.45, 2.75) is 12.5 Å². The molecule has 2 aromatic heterocycles. The fourth-order valence-electron chi connectivity index (χ4n) is 1.83. The van der Waals surface area contributed by atoms with Crippen molar-refractivity contribution < 1.29 is 0 Å². The lowest BCUT2D eigenvalue weighted by Crippen LogP contribution is -2.24. The summed E-state index contributed by atoms with van der Waals surface area (Å²) < 4.78 is 0. The van der Waals surface area contributed by atoms with Crippen LogP contribution in [0.25, 0.3) is 0 Å². The van der Waals surface area contributed by atoms with Crippen molar-refractivity contribution in [3.05, 3.63) is 44.8 Å². The second-order valence-electron chi connectivity index (χ2n) is 4.06. The minimum Gasteiger partial charge on any atom is -0.308 e. The number of thiophene rings is 2. The highest BCUT2D eigenvalue weighted by molar-refractivity contribution is 7.99. The van der Waals surface area contributed by atoms with Gasteiger partial charge in [0.1, 0.15) is 0 Å². The lowest BCUT2D eigenvalue weighted by atomic mass is 10.1. The Morgan fingerprint density at radius 2 is 2.11 bits per heavy atom. The van der Waals surface area contributed by atoms with E-state index in [4.69, 9.17) is 6.42 Å². The van der Waals surface area contributed by atoms with Gasteiger partial charge >= 0.3 is 0 Å². The van der Waals surface area contributed by atoms with E-state index in [0.717, 1.165) is 24.5 Å². The molecule has 0 radical (unpaired) electrons. The second-order valence-corrected chi connectivity index (χ2v) is 7.18. The summed E-state index contributed by atoms with van der Waals surface area (Å²) in [5.41, 5.74) is 0. The molecule has 0 amide bonds. The third-order valence-corrected chi connectivity index (χ3v) is 5.44. The number of terminal acetylenes is 1. The van der Waals surface area contributed by atoms with E-state index >= 15 is 0 Å². The third-order valence-electron chi connectivity index (χ3n) is 2.69. The number of thioether (sulfide) groups is 1. The Bertz CT molecular complexity index is 482. The maximum Gasteiger partial charge on any atom is 0.0545 e. The quantitative estimate of drug-likeness (QED) is 0.583. The molecule has 1 atom stereocenters. The molecule has 0 spiro atoms. The predicted octanol–water partition coefficient (Wildman–Crippen LogP) is 4.05. The van der Waals surface area contributed by atoms with Crippen molar-refractivity contribution in [2.24, 2.45) is 0 Å². The van der Waals surface area contributed by atoms with Gasteiger partial charge in [0, 0.05) is 34.5 Å². The van der Waals surface area contributed by atoms with E-state index in [-0.39, 0.29) is 0 Å². The van der Waals surface area contributed by atoms with Crippen LogP contribution >= 0.6 is 34.4 Å². The first-order chi connectivity index (χ1) is 9.40. The van der Waals surface area contributed by atoms with Gasteiger partial charge in [-0.2, -0.15) is 0 Å². The summed E-state index contributed by atoms with van der Waals surface area (Å²) in [4.78, 5) is 2.84. The summed E-state index contributed by atoms with van der Waals surface area (Å²) in [6.07, 6.45) is 6.32. The van der Waals surface area contributed by atoms with Crippen molar-refractivity contribution in [2.75, 3.05) is 18.1 Å². The Balaban J connectivity index is 1.86. The molecular formula is C15H17NS3. The Morgan fingerprint density at radius 3 is 2.79 bits per heavy atom. The maximum absolute atomic E-state index is 5.25. The van der Waals surface area contributed by atoms with Crippen LogP contribution in [0.2, 0.25) is 0 Å². The highest BCUT2D eigenvalue weighted by Gasteiger charge is 2.13. The Kier molecular flexibility index (Phi) is 6.52. The van der Waals surface area contributed by atoms with Crippen LogP contribution in [0.3, 0.4) is 0 Å². The molecule has 19 heavy (non-hydrogen) atoms. The normalized spacial score (nSPS) is 12.2. The molecule has 0 aliphatic rings. The van der Waals surface area contributed by atoms with Crippen LogP contribution in [0.5, 0.6) is 0 Å². The number of hydrogen-bond donors (Lipinski definition) is 1. The van der Waals surface area contributed by atoms with Crippen molar-refractivity contribution in [1.82, 2.24) is 5.32 Å². The molecule has 1 nitrogen and oxygen atoms in total. The van der Waals surface area contributed by atoms with Gasteiger partial charge in [-0.15, -0.1) is 40.9 Å². The minimum atomic E-state index is 0.421. The summed E-state index contributed by atoms with van der Waals surface area (Å²) in [6, 6.07) is 9.08. The average molecular weight is 308 g/mol. The molecule has 0 aliphatic heterocycles. The van der Waals surface area contributed by atoms with Gasteiger partial charge in [-0.25, -0.2) is 0 Å². The molecule has 0 aliphatic carbocycles. The van der Waals surface area contributed by atoms with Crippen LogP contribution in [-0.4, -0.2) is 18.1 Å². The first-order valence-electron chi connectivity index (χ1n) is 6.20. The van der Waals surface area contributed by atoms with E-state index in [1.54, 1.807) is 0 Å². The monoisotopic (exact) mass is 307 g/mol. The summed E-state index contributed by atoms with van der Waals surface area (Å²) in [7, 11) is 0. The SMILES string of the molecule is C#CCSCCNC(Cc1cccs1)c1cccs1. The Morgan fingerprint density at radius 1 is 1.26 bits per heavy atom. The standard InChI is InChI=1S/C15H17NS3/c1-2-8-17-11-7-16-14(15-6-4-10-19-15)12-13-5-3-9-18-13/h1,3-6,9-10,14,16H,7-8,11-12H2. The maximum atomic E-state index is 5.25. The topological polar surface area (TPSA) is 12.0 Å². The van der Waals surface area contributed by atoms with Gasteiger partial charge in [-0.05, 0) is 22.9 Å². The summed E-state index contributed by atoms with van der Waals surface area (Å²) in [5.74, 6) is 4.53. The zero-order valence-electron chi connectivity index (χ0n) is 10.7. The molecule has 0 saturated heterocycles. The van der Waals surface area contributed by atoms with Gasteiger partial charge < -0.3 is 5.32 Å². The summed E-state index contributed by atoms with van der Waals surface area (Å²) in [5, 5.41) is 7.93. The molecule has 100 valence electrons. The van der Waals surface area contributed by atoms with Gasteiger partial charge in [0.2, 0.25) is 0 Å². The molecule has 0 aromatic carbocycles. The van der Waals surface area contributed by atoms with Gasteiger partial charge in [-0.1, -0.05) is 18.1 Å². The van der Waals surface area contributed by atoms with E-state index < -0.39 is 0 Å². The van der Waals surface area contributed by atoms with Crippen LogP contribution in [0.1, 0.15) is 15.8 Å².